The number of methoxy groups -OCH3 is 1. The van der Waals surface area contributed by atoms with Crippen molar-refractivity contribution in [3.63, 3.8) is 0 Å². The monoisotopic (exact) mass is 427 g/mol. The van der Waals surface area contributed by atoms with Crippen LogP contribution in [0.5, 0.6) is 5.75 Å². The van der Waals surface area contributed by atoms with E-state index in [0.29, 0.717) is 47.6 Å². The molecule has 1 aliphatic heterocycles. The molecule has 158 valence electrons. The second-order valence-corrected chi connectivity index (χ2v) is 9.59. The highest BCUT2D eigenvalue weighted by atomic mass is 32.2. The van der Waals surface area contributed by atoms with Gasteiger partial charge >= 0.3 is 0 Å². The van der Waals surface area contributed by atoms with Crippen LogP contribution in [0, 0.1) is 5.92 Å². The summed E-state index contributed by atoms with van der Waals surface area (Å²) in [6, 6.07) is 14.3. The first-order chi connectivity index (χ1) is 14.5. The SMILES string of the molecule is COc1cccc(Cc2nc(-c3ccc(S(=O)(=O)N4CCC(C)CC4)cc3)no2)c1. The highest BCUT2D eigenvalue weighted by Crippen LogP contribution is 2.25. The Morgan fingerprint density at radius 3 is 2.57 bits per heavy atom. The van der Waals surface area contributed by atoms with Gasteiger partial charge in [0.1, 0.15) is 5.75 Å². The lowest BCUT2D eigenvalue weighted by molar-refractivity contribution is 0.288. The Kier molecular flexibility index (Phi) is 5.87. The maximum absolute atomic E-state index is 12.9. The fourth-order valence-corrected chi connectivity index (χ4v) is 5.02. The van der Waals surface area contributed by atoms with Crippen molar-refractivity contribution in [1.82, 2.24) is 14.4 Å². The van der Waals surface area contributed by atoms with E-state index in [-0.39, 0.29) is 0 Å². The summed E-state index contributed by atoms with van der Waals surface area (Å²) >= 11 is 0. The highest BCUT2D eigenvalue weighted by molar-refractivity contribution is 7.89. The van der Waals surface area contributed by atoms with Crippen LogP contribution in [0.15, 0.2) is 57.9 Å². The summed E-state index contributed by atoms with van der Waals surface area (Å²) in [6.45, 7) is 3.31. The smallest absolute Gasteiger partial charge is 0.243 e. The summed E-state index contributed by atoms with van der Waals surface area (Å²) in [5.74, 6) is 2.26. The van der Waals surface area contributed by atoms with Gasteiger partial charge in [0.15, 0.2) is 0 Å². The number of hydrogen-bond acceptors (Lipinski definition) is 6. The molecule has 7 nitrogen and oxygen atoms in total. The van der Waals surface area contributed by atoms with Crippen molar-refractivity contribution in [2.75, 3.05) is 20.2 Å². The van der Waals surface area contributed by atoms with Crippen LogP contribution in [0.4, 0.5) is 0 Å². The molecule has 3 aromatic rings. The van der Waals surface area contributed by atoms with Crippen molar-refractivity contribution in [2.45, 2.75) is 31.1 Å². The number of piperidine rings is 1. The minimum atomic E-state index is -3.47. The highest BCUT2D eigenvalue weighted by Gasteiger charge is 2.28. The van der Waals surface area contributed by atoms with E-state index in [1.54, 1.807) is 35.7 Å². The second-order valence-electron chi connectivity index (χ2n) is 7.65. The molecule has 1 aromatic heterocycles. The number of sulfonamides is 1. The Hall–Kier alpha value is -2.71. The summed E-state index contributed by atoms with van der Waals surface area (Å²) in [7, 11) is -1.84. The van der Waals surface area contributed by atoms with Crippen LogP contribution in [0.2, 0.25) is 0 Å². The Labute approximate surface area is 176 Å². The zero-order chi connectivity index (χ0) is 21.1. The van der Waals surface area contributed by atoms with Gasteiger partial charge in [0.05, 0.1) is 18.4 Å². The van der Waals surface area contributed by atoms with E-state index in [9.17, 15) is 8.42 Å². The van der Waals surface area contributed by atoms with Gasteiger partial charge in [-0.25, -0.2) is 8.42 Å². The van der Waals surface area contributed by atoms with Crippen LogP contribution >= 0.6 is 0 Å². The zero-order valence-corrected chi connectivity index (χ0v) is 17.9. The standard InChI is InChI=1S/C22H25N3O4S/c1-16-10-12-25(13-11-16)30(26,27)20-8-6-18(7-9-20)22-23-21(29-24-22)15-17-4-3-5-19(14-17)28-2/h3-9,14,16H,10-13,15H2,1-2H3. The van der Waals surface area contributed by atoms with Gasteiger partial charge in [0, 0.05) is 18.7 Å². The van der Waals surface area contributed by atoms with Gasteiger partial charge in [-0.3, -0.25) is 0 Å². The first-order valence-corrected chi connectivity index (χ1v) is 11.5. The van der Waals surface area contributed by atoms with Gasteiger partial charge in [-0.1, -0.05) is 24.2 Å². The number of hydrogen-bond donors (Lipinski definition) is 0. The van der Waals surface area contributed by atoms with Crippen molar-refractivity contribution in [1.29, 1.82) is 0 Å². The number of benzene rings is 2. The molecule has 0 saturated carbocycles. The van der Waals surface area contributed by atoms with E-state index < -0.39 is 10.0 Å². The molecule has 0 bridgehead atoms. The van der Waals surface area contributed by atoms with Gasteiger partial charge in [0.2, 0.25) is 21.7 Å². The van der Waals surface area contributed by atoms with Crippen LogP contribution < -0.4 is 4.74 Å². The molecule has 1 fully saturated rings. The van der Waals surface area contributed by atoms with E-state index in [1.165, 1.54) is 0 Å². The van der Waals surface area contributed by atoms with E-state index in [1.807, 2.05) is 24.3 Å². The molecule has 1 aliphatic rings. The van der Waals surface area contributed by atoms with Crippen LogP contribution in [-0.2, 0) is 16.4 Å². The molecule has 0 atom stereocenters. The largest absolute Gasteiger partial charge is 0.497 e. The van der Waals surface area contributed by atoms with E-state index >= 15 is 0 Å². The van der Waals surface area contributed by atoms with Crippen LogP contribution in [0.3, 0.4) is 0 Å². The second kappa shape index (κ2) is 8.57. The number of aromatic nitrogens is 2. The van der Waals surface area contributed by atoms with Crippen molar-refractivity contribution < 1.29 is 17.7 Å². The molecule has 2 heterocycles. The summed E-state index contributed by atoms with van der Waals surface area (Å²) in [5, 5.41) is 4.04. The van der Waals surface area contributed by atoms with Crippen LogP contribution in [-0.4, -0.2) is 43.1 Å². The maximum Gasteiger partial charge on any atom is 0.243 e. The molecule has 0 radical (unpaired) electrons. The minimum Gasteiger partial charge on any atom is -0.497 e. The average molecular weight is 428 g/mol. The van der Waals surface area contributed by atoms with Crippen LogP contribution in [0.25, 0.3) is 11.4 Å². The minimum absolute atomic E-state index is 0.293. The number of nitrogens with zero attached hydrogens (tertiary/aromatic N) is 3. The van der Waals surface area contributed by atoms with Crippen molar-refractivity contribution in [2.24, 2.45) is 5.92 Å². The van der Waals surface area contributed by atoms with Gasteiger partial charge in [-0.15, -0.1) is 0 Å². The molecule has 4 rings (SSSR count). The molecule has 0 amide bonds. The van der Waals surface area contributed by atoms with Crippen molar-refractivity contribution in [3.05, 3.63) is 60.0 Å². The molecular formula is C22H25N3O4S. The van der Waals surface area contributed by atoms with Crippen molar-refractivity contribution >= 4 is 10.0 Å². The predicted molar refractivity (Wildman–Crippen MR) is 113 cm³/mol. The lowest BCUT2D eigenvalue weighted by atomic mass is 10.0. The fourth-order valence-electron chi connectivity index (χ4n) is 3.55. The van der Waals surface area contributed by atoms with Gasteiger partial charge in [-0.2, -0.15) is 9.29 Å². The van der Waals surface area contributed by atoms with E-state index in [4.69, 9.17) is 9.26 Å². The third-order valence-electron chi connectivity index (χ3n) is 5.45. The Bertz CT molecular complexity index is 1100. The molecule has 8 heteroatoms. The molecule has 30 heavy (non-hydrogen) atoms. The molecular weight excluding hydrogens is 402 g/mol. The third kappa shape index (κ3) is 4.39. The summed E-state index contributed by atoms with van der Waals surface area (Å²) in [4.78, 5) is 4.74. The summed E-state index contributed by atoms with van der Waals surface area (Å²) < 4.78 is 37.9. The Morgan fingerprint density at radius 2 is 1.87 bits per heavy atom. The van der Waals surface area contributed by atoms with E-state index in [0.717, 1.165) is 24.2 Å². The third-order valence-corrected chi connectivity index (χ3v) is 7.36. The predicted octanol–water partition coefficient (Wildman–Crippen LogP) is 3.76. The van der Waals surface area contributed by atoms with Gasteiger partial charge in [-0.05, 0) is 60.7 Å². The maximum atomic E-state index is 12.9. The Balaban J connectivity index is 1.48. The molecule has 0 unspecified atom stereocenters. The quantitative estimate of drug-likeness (QED) is 0.595. The summed E-state index contributed by atoms with van der Waals surface area (Å²) in [6.07, 6.45) is 2.29. The zero-order valence-electron chi connectivity index (χ0n) is 17.1. The van der Waals surface area contributed by atoms with E-state index in [2.05, 4.69) is 17.1 Å². The molecule has 0 spiro atoms. The van der Waals surface area contributed by atoms with Crippen molar-refractivity contribution in [3.8, 4) is 17.1 Å². The van der Waals surface area contributed by atoms with Crippen LogP contribution in [0.1, 0.15) is 31.2 Å². The lowest BCUT2D eigenvalue weighted by Gasteiger charge is -2.29. The lowest BCUT2D eigenvalue weighted by Crippen LogP contribution is -2.37. The topological polar surface area (TPSA) is 85.5 Å². The van der Waals surface area contributed by atoms with Gasteiger partial charge in [0.25, 0.3) is 0 Å². The molecule has 0 N–H and O–H groups in total. The molecule has 1 saturated heterocycles. The normalized spacial score (nSPS) is 15.9. The molecule has 2 aromatic carbocycles. The first kappa shape index (κ1) is 20.6. The Morgan fingerprint density at radius 1 is 1.13 bits per heavy atom. The number of ether oxygens (including phenoxy) is 1. The first-order valence-electron chi connectivity index (χ1n) is 10.0. The number of rotatable bonds is 6. The summed E-state index contributed by atoms with van der Waals surface area (Å²) in [5.41, 5.74) is 1.71. The van der Waals surface area contributed by atoms with Gasteiger partial charge < -0.3 is 9.26 Å². The molecule has 0 aliphatic carbocycles. The average Bonchev–Trinajstić information content (AvgIpc) is 3.23. The fraction of sp³-hybridized carbons (Fsp3) is 0.364.